The number of likely N-dealkylation sites (tertiary alicyclic amines) is 1. The van der Waals surface area contributed by atoms with E-state index >= 15 is 0 Å². The number of carbonyl (C=O) groups excluding carboxylic acids is 4. The fourth-order valence-electron chi connectivity index (χ4n) is 4.33. The summed E-state index contributed by atoms with van der Waals surface area (Å²) < 4.78 is 0. The number of carbonyl (C=O) groups is 4. The summed E-state index contributed by atoms with van der Waals surface area (Å²) in [5.41, 5.74) is 14.1. The highest BCUT2D eigenvalue weighted by Crippen LogP contribution is 2.22. The number of hydrogen-bond acceptors (Lipinski definition) is 8. The molecule has 1 saturated heterocycles. The van der Waals surface area contributed by atoms with E-state index in [1.165, 1.54) is 23.2 Å². The zero-order valence-electron chi connectivity index (χ0n) is 25.5. The van der Waals surface area contributed by atoms with Crippen LogP contribution in [0, 0.1) is 5.41 Å². The Kier molecular flexibility index (Phi) is 12.7. The van der Waals surface area contributed by atoms with E-state index in [0.717, 1.165) is 16.7 Å². The first-order valence-corrected chi connectivity index (χ1v) is 14.0. The number of nitrogens with zero attached hydrogens (tertiary/aromatic N) is 2. The SMILES string of the molecule is CNC(=O)/C(N)=C/N(N)C(C)C(C)(C)C.NC(=O)C(Cc1ccc(-c2ccccc2)cc1)NC(=O)C1CC(O)CN1C=O. The van der Waals surface area contributed by atoms with Gasteiger partial charge in [-0.3, -0.25) is 19.2 Å². The second-order valence-corrected chi connectivity index (χ2v) is 11.6. The van der Waals surface area contributed by atoms with Crippen molar-refractivity contribution in [1.29, 1.82) is 0 Å². The van der Waals surface area contributed by atoms with Crippen LogP contribution in [0.4, 0.5) is 0 Å². The summed E-state index contributed by atoms with van der Waals surface area (Å²) in [5, 5.41) is 16.2. The normalized spacial score (nSPS) is 18.0. The maximum Gasteiger partial charge on any atom is 0.268 e. The molecule has 0 radical (unpaired) electrons. The zero-order valence-corrected chi connectivity index (χ0v) is 25.5. The molecule has 43 heavy (non-hydrogen) atoms. The van der Waals surface area contributed by atoms with Crippen LogP contribution in [0.15, 0.2) is 66.5 Å². The van der Waals surface area contributed by atoms with E-state index in [1.807, 2.05) is 61.5 Å². The van der Waals surface area contributed by atoms with E-state index in [9.17, 15) is 24.3 Å². The van der Waals surface area contributed by atoms with Crippen molar-refractivity contribution in [3.8, 4) is 11.1 Å². The number of rotatable bonds is 10. The van der Waals surface area contributed by atoms with Crippen molar-refractivity contribution < 1.29 is 24.3 Å². The lowest BCUT2D eigenvalue weighted by molar-refractivity contribution is -0.133. The van der Waals surface area contributed by atoms with E-state index in [2.05, 4.69) is 31.4 Å². The zero-order chi connectivity index (χ0) is 32.3. The minimum Gasteiger partial charge on any atom is -0.393 e. The predicted molar refractivity (Wildman–Crippen MR) is 165 cm³/mol. The predicted octanol–water partition coefficient (Wildman–Crippen LogP) is 0.601. The number of hydrogen-bond donors (Lipinski definition) is 6. The van der Waals surface area contributed by atoms with Gasteiger partial charge < -0.3 is 37.1 Å². The van der Waals surface area contributed by atoms with Gasteiger partial charge in [0.05, 0.1) is 6.10 Å². The molecule has 12 nitrogen and oxygen atoms in total. The van der Waals surface area contributed by atoms with E-state index in [0.29, 0.717) is 6.41 Å². The standard InChI is InChI=1S/C21H23N3O4.C10H22N4O/c22-20(27)18(23-21(28)19-11-17(26)12-24(19)13-25)10-14-6-8-16(9-7-14)15-4-2-1-3-5-15;1-7(10(2,3)4)14(12)6-8(11)9(15)13-5/h1-9,13,17-19,26H,10-12H2,(H2,22,27)(H,23,28);6-7H,11-12H2,1-5H3,(H,13,15)/b;8-6-. The van der Waals surface area contributed by atoms with E-state index in [4.69, 9.17) is 17.3 Å². The molecule has 234 valence electrons. The number of aliphatic hydroxyl groups is 1. The molecular formula is C31H45N7O5. The van der Waals surface area contributed by atoms with Crippen LogP contribution in [0.5, 0.6) is 0 Å². The Bertz CT molecular complexity index is 1260. The Morgan fingerprint density at radius 2 is 1.65 bits per heavy atom. The lowest BCUT2D eigenvalue weighted by atomic mass is 9.88. The third-order valence-electron chi connectivity index (χ3n) is 7.39. The van der Waals surface area contributed by atoms with Gasteiger partial charge in [0, 0.05) is 38.7 Å². The highest BCUT2D eigenvalue weighted by Gasteiger charge is 2.36. The number of β-amino-alcohol motifs (C(OH)–C–C–N with tert-alkyl or cyclic N) is 1. The average Bonchev–Trinajstić information content (AvgIpc) is 3.37. The Morgan fingerprint density at radius 1 is 1.07 bits per heavy atom. The quantitative estimate of drug-likeness (QED) is 0.0993. The molecule has 0 spiro atoms. The summed E-state index contributed by atoms with van der Waals surface area (Å²) >= 11 is 0. The van der Waals surface area contributed by atoms with Crippen LogP contribution in [0.1, 0.15) is 39.7 Å². The molecule has 12 heteroatoms. The number of benzene rings is 2. The number of amides is 4. The lowest BCUT2D eigenvalue weighted by Crippen LogP contribution is -2.51. The summed E-state index contributed by atoms with van der Waals surface area (Å²) in [6.07, 6.45) is 1.61. The molecule has 2 aromatic rings. The first-order valence-electron chi connectivity index (χ1n) is 14.0. The molecule has 9 N–H and O–H groups in total. The molecule has 4 atom stereocenters. The molecule has 0 aliphatic carbocycles. The minimum atomic E-state index is -0.902. The third kappa shape index (κ3) is 10.4. The van der Waals surface area contributed by atoms with Crippen LogP contribution in [0.3, 0.4) is 0 Å². The highest BCUT2D eigenvalue weighted by atomic mass is 16.3. The van der Waals surface area contributed by atoms with Crippen LogP contribution < -0.4 is 27.9 Å². The number of primary amides is 1. The van der Waals surface area contributed by atoms with Crippen molar-refractivity contribution >= 4 is 24.1 Å². The molecule has 1 aliphatic rings. The maximum atomic E-state index is 12.5. The van der Waals surface area contributed by atoms with Crippen LogP contribution in [0.25, 0.3) is 11.1 Å². The minimum absolute atomic E-state index is 0.0220. The van der Waals surface area contributed by atoms with Crippen molar-refractivity contribution in [2.45, 2.75) is 64.8 Å². The van der Waals surface area contributed by atoms with Gasteiger partial charge in [-0.05, 0) is 29.0 Å². The number of nitrogens with two attached hydrogens (primary N) is 3. The Balaban J connectivity index is 0.000000367. The fourth-order valence-corrected chi connectivity index (χ4v) is 4.33. The van der Waals surface area contributed by atoms with Gasteiger partial charge in [-0.2, -0.15) is 0 Å². The van der Waals surface area contributed by atoms with E-state index in [-0.39, 0.29) is 42.4 Å². The molecular weight excluding hydrogens is 550 g/mol. The van der Waals surface area contributed by atoms with Gasteiger partial charge in [-0.25, -0.2) is 5.84 Å². The van der Waals surface area contributed by atoms with Crippen molar-refractivity contribution in [1.82, 2.24) is 20.5 Å². The van der Waals surface area contributed by atoms with Crippen molar-refractivity contribution in [3.05, 3.63) is 72.1 Å². The molecule has 1 aliphatic heterocycles. The van der Waals surface area contributed by atoms with E-state index < -0.39 is 30.0 Å². The van der Waals surface area contributed by atoms with Crippen LogP contribution >= 0.6 is 0 Å². The van der Waals surface area contributed by atoms with Crippen molar-refractivity contribution in [2.75, 3.05) is 13.6 Å². The Hall–Kier alpha value is -4.42. The molecule has 2 aromatic carbocycles. The molecule has 1 fully saturated rings. The van der Waals surface area contributed by atoms with Gasteiger partial charge in [-0.1, -0.05) is 75.4 Å². The first-order chi connectivity index (χ1) is 20.2. The highest BCUT2D eigenvalue weighted by molar-refractivity contribution is 5.92. The summed E-state index contributed by atoms with van der Waals surface area (Å²) in [7, 11) is 1.52. The second-order valence-electron chi connectivity index (χ2n) is 11.6. The smallest absolute Gasteiger partial charge is 0.268 e. The summed E-state index contributed by atoms with van der Waals surface area (Å²) in [6, 6.07) is 16.0. The second kappa shape index (κ2) is 15.7. The van der Waals surface area contributed by atoms with Crippen LogP contribution in [-0.2, 0) is 25.6 Å². The molecule has 0 aromatic heterocycles. The number of aliphatic hydroxyl groups excluding tert-OH is 1. The van der Waals surface area contributed by atoms with Crippen LogP contribution in [0.2, 0.25) is 0 Å². The third-order valence-corrected chi connectivity index (χ3v) is 7.39. The Morgan fingerprint density at radius 3 is 2.16 bits per heavy atom. The molecule has 0 bridgehead atoms. The topological polar surface area (TPSA) is 197 Å². The van der Waals surface area contributed by atoms with Gasteiger partial charge in [0.25, 0.3) is 5.91 Å². The average molecular weight is 596 g/mol. The summed E-state index contributed by atoms with van der Waals surface area (Å²) in [4.78, 5) is 47.7. The first kappa shape index (κ1) is 34.8. The van der Waals surface area contributed by atoms with Crippen LogP contribution in [-0.4, -0.2) is 77.0 Å². The largest absolute Gasteiger partial charge is 0.393 e. The van der Waals surface area contributed by atoms with E-state index in [1.54, 1.807) is 0 Å². The van der Waals surface area contributed by atoms with Gasteiger partial charge >= 0.3 is 0 Å². The fraction of sp³-hybridized carbons (Fsp3) is 0.419. The molecule has 4 unspecified atom stereocenters. The number of nitrogens with one attached hydrogen (secondary N) is 2. The molecule has 0 saturated carbocycles. The van der Waals surface area contributed by atoms with Crippen molar-refractivity contribution in [2.24, 2.45) is 22.7 Å². The molecule has 1 heterocycles. The maximum absolute atomic E-state index is 12.5. The monoisotopic (exact) mass is 595 g/mol. The number of hydrazine groups is 1. The summed E-state index contributed by atoms with van der Waals surface area (Å²) in [6.45, 7) is 8.29. The molecule has 3 rings (SSSR count). The number of likely N-dealkylation sites (N-methyl/N-ethyl adjacent to an activating group) is 1. The molecule has 4 amide bonds. The van der Waals surface area contributed by atoms with Gasteiger partial charge in [0.15, 0.2) is 0 Å². The van der Waals surface area contributed by atoms with Gasteiger partial charge in [0.2, 0.25) is 18.2 Å². The Labute approximate surface area is 253 Å². The van der Waals surface area contributed by atoms with Gasteiger partial charge in [-0.15, -0.1) is 0 Å². The van der Waals surface area contributed by atoms with Gasteiger partial charge in [0.1, 0.15) is 17.8 Å². The summed E-state index contributed by atoms with van der Waals surface area (Å²) in [5.74, 6) is 4.32. The van der Waals surface area contributed by atoms with Crippen molar-refractivity contribution in [3.63, 3.8) is 0 Å². The lowest BCUT2D eigenvalue weighted by Gasteiger charge is -2.34.